The first-order chi connectivity index (χ1) is 12.6. The molecular weight excluding hydrogens is 390 g/mol. The molecule has 8 nitrogen and oxygen atoms in total. The van der Waals surface area contributed by atoms with Gasteiger partial charge in [-0.05, 0) is 55.8 Å². The smallest absolute Gasteiger partial charge is 0.261 e. The van der Waals surface area contributed by atoms with Gasteiger partial charge in [-0.2, -0.15) is 0 Å². The van der Waals surface area contributed by atoms with Crippen LogP contribution < -0.4 is 9.86 Å². The Morgan fingerprint density at radius 3 is 1.93 bits per heavy atom. The highest BCUT2D eigenvalue weighted by Gasteiger charge is 2.17. The van der Waals surface area contributed by atoms with Crippen LogP contribution in [0.1, 0.15) is 11.5 Å². The zero-order valence-electron chi connectivity index (χ0n) is 14.5. The van der Waals surface area contributed by atoms with E-state index in [1.54, 1.807) is 19.1 Å². The van der Waals surface area contributed by atoms with Gasteiger partial charge in [0.25, 0.3) is 10.0 Å². The van der Waals surface area contributed by atoms with Crippen molar-refractivity contribution in [3.05, 3.63) is 60.0 Å². The molecule has 3 aromatic rings. The SMILES string of the molecule is Cc1noc(C)c1-c1ccc(S(=O)(=O)Nc2ccc(S(N)(=O)=O)cc2)cc1. The van der Waals surface area contributed by atoms with Crippen LogP contribution in [0, 0.1) is 13.8 Å². The molecule has 0 saturated heterocycles. The van der Waals surface area contributed by atoms with Gasteiger partial charge < -0.3 is 4.52 Å². The Labute approximate surface area is 157 Å². The second-order valence-corrected chi connectivity index (χ2v) is 9.14. The molecular formula is C17H17N3O5S2. The van der Waals surface area contributed by atoms with E-state index >= 15 is 0 Å². The lowest BCUT2D eigenvalue weighted by atomic mass is 10.0. The van der Waals surface area contributed by atoms with Crippen LogP contribution in [-0.4, -0.2) is 22.0 Å². The van der Waals surface area contributed by atoms with Crippen molar-refractivity contribution in [2.75, 3.05) is 4.72 Å². The van der Waals surface area contributed by atoms with Crippen molar-refractivity contribution in [2.24, 2.45) is 5.14 Å². The van der Waals surface area contributed by atoms with Crippen LogP contribution in [0.25, 0.3) is 11.1 Å². The van der Waals surface area contributed by atoms with Gasteiger partial charge in [-0.25, -0.2) is 22.0 Å². The molecule has 0 bridgehead atoms. The first-order valence-corrected chi connectivity index (χ1v) is 10.8. The number of sulfonamides is 2. The average molecular weight is 407 g/mol. The van der Waals surface area contributed by atoms with E-state index in [0.29, 0.717) is 5.76 Å². The topological polar surface area (TPSA) is 132 Å². The lowest BCUT2D eigenvalue weighted by molar-refractivity contribution is 0.393. The van der Waals surface area contributed by atoms with Crippen molar-refractivity contribution in [3.63, 3.8) is 0 Å². The van der Waals surface area contributed by atoms with Crippen LogP contribution in [0.5, 0.6) is 0 Å². The Hall–Kier alpha value is -2.69. The lowest BCUT2D eigenvalue weighted by Gasteiger charge is -2.09. The molecule has 3 rings (SSSR count). The zero-order chi connectivity index (χ0) is 19.8. The summed E-state index contributed by atoms with van der Waals surface area (Å²) in [5, 5.41) is 8.91. The third-order valence-corrected chi connectivity index (χ3v) is 6.25. The van der Waals surface area contributed by atoms with E-state index in [2.05, 4.69) is 9.88 Å². The van der Waals surface area contributed by atoms with Gasteiger partial charge in [-0.1, -0.05) is 17.3 Å². The van der Waals surface area contributed by atoms with Crippen molar-refractivity contribution >= 4 is 25.7 Å². The molecule has 0 aliphatic carbocycles. The number of aromatic nitrogens is 1. The molecule has 0 aliphatic rings. The second kappa shape index (κ2) is 6.80. The Morgan fingerprint density at radius 2 is 1.44 bits per heavy atom. The number of rotatable bonds is 5. The van der Waals surface area contributed by atoms with Crippen molar-refractivity contribution in [3.8, 4) is 11.1 Å². The normalized spacial score (nSPS) is 12.1. The van der Waals surface area contributed by atoms with Gasteiger partial charge in [0.15, 0.2) is 0 Å². The Morgan fingerprint density at radius 1 is 0.889 bits per heavy atom. The number of nitrogens with zero attached hydrogens (tertiary/aromatic N) is 1. The summed E-state index contributed by atoms with van der Waals surface area (Å²) in [6.45, 7) is 3.59. The standard InChI is InChI=1S/C17H17N3O5S2/c1-11-17(12(2)25-19-11)13-3-7-16(8-4-13)27(23,24)20-14-5-9-15(10-6-14)26(18,21)22/h3-10,20H,1-2H3,(H2,18,21,22). The summed E-state index contributed by atoms with van der Waals surface area (Å²) >= 11 is 0. The number of hydrogen-bond acceptors (Lipinski definition) is 6. The molecule has 10 heteroatoms. The maximum absolute atomic E-state index is 12.5. The fourth-order valence-corrected chi connectivity index (χ4v) is 4.20. The molecule has 0 fully saturated rings. The largest absolute Gasteiger partial charge is 0.361 e. The third kappa shape index (κ3) is 4.02. The Balaban J connectivity index is 1.85. The van der Waals surface area contributed by atoms with Gasteiger partial charge in [0.2, 0.25) is 10.0 Å². The molecule has 0 spiro atoms. The molecule has 0 amide bonds. The predicted molar refractivity (Wildman–Crippen MR) is 100 cm³/mol. The number of aryl methyl sites for hydroxylation is 2. The summed E-state index contributed by atoms with van der Waals surface area (Å²) in [5.74, 6) is 0.649. The van der Waals surface area contributed by atoms with Crippen LogP contribution in [0.4, 0.5) is 5.69 Å². The summed E-state index contributed by atoms with van der Waals surface area (Å²) < 4.78 is 55.1. The molecule has 3 N–H and O–H groups in total. The van der Waals surface area contributed by atoms with Gasteiger partial charge in [-0.3, -0.25) is 4.72 Å². The Bertz CT molecular complexity index is 1160. The maximum Gasteiger partial charge on any atom is 0.261 e. The minimum Gasteiger partial charge on any atom is -0.361 e. The quantitative estimate of drug-likeness (QED) is 0.667. The number of nitrogens with one attached hydrogen (secondary N) is 1. The average Bonchev–Trinajstić information content (AvgIpc) is 2.93. The lowest BCUT2D eigenvalue weighted by Crippen LogP contribution is -2.14. The van der Waals surface area contributed by atoms with E-state index in [1.807, 2.05) is 6.92 Å². The van der Waals surface area contributed by atoms with E-state index in [4.69, 9.17) is 9.66 Å². The molecule has 0 unspecified atom stereocenters. The highest BCUT2D eigenvalue weighted by molar-refractivity contribution is 7.92. The summed E-state index contributed by atoms with van der Waals surface area (Å²) in [5.41, 5.74) is 2.56. The van der Waals surface area contributed by atoms with Gasteiger partial charge in [0.1, 0.15) is 5.76 Å². The van der Waals surface area contributed by atoms with Crippen LogP contribution >= 0.6 is 0 Å². The van der Waals surface area contributed by atoms with Crippen LogP contribution in [0.3, 0.4) is 0 Å². The summed E-state index contributed by atoms with van der Waals surface area (Å²) in [7, 11) is -7.68. The fourth-order valence-electron chi connectivity index (χ4n) is 2.62. The van der Waals surface area contributed by atoms with Crippen molar-refractivity contribution in [1.29, 1.82) is 0 Å². The minimum absolute atomic E-state index is 0.0635. The van der Waals surface area contributed by atoms with Gasteiger partial charge in [0.05, 0.1) is 15.5 Å². The molecule has 1 aromatic heterocycles. The minimum atomic E-state index is -3.84. The van der Waals surface area contributed by atoms with Crippen molar-refractivity contribution in [2.45, 2.75) is 23.6 Å². The first kappa shape index (κ1) is 19.1. The molecule has 27 heavy (non-hydrogen) atoms. The predicted octanol–water partition coefficient (Wildman–Crippen LogP) is 2.41. The van der Waals surface area contributed by atoms with E-state index < -0.39 is 20.0 Å². The number of primary sulfonamides is 1. The zero-order valence-corrected chi connectivity index (χ0v) is 16.1. The fraction of sp³-hybridized carbons (Fsp3) is 0.118. The highest BCUT2D eigenvalue weighted by Crippen LogP contribution is 2.28. The maximum atomic E-state index is 12.5. The number of hydrogen-bond donors (Lipinski definition) is 2. The molecule has 0 radical (unpaired) electrons. The van der Waals surface area contributed by atoms with E-state index in [1.165, 1.54) is 36.4 Å². The number of benzene rings is 2. The summed E-state index contributed by atoms with van der Waals surface area (Å²) in [6.07, 6.45) is 0. The molecule has 0 atom stereocenters. The van der Waals surface area contributed by atoms with Gasteiger partial charge in [-0.15, -0.1) is 0 Å². The van der Waals surface area contributed by atoms with Crippen molar-refractivity contribution < 1.29 is 21.4 Å². The summed E-state index contributed by atoms with van der Waals surface area (Å²) in [4.78, 5) is -0.0391. The molecule has 0 aliphatic heterocycles. The second-order valence-electron chi connectivity index (χ2n) is 5.90. The number of nitrogens with two attached hydrogens (primary N) is 1. The third-order valence-electron chi connectivity index (χ3n) is 3.92. The van der Waals surface area contributed by atoms with E-state index in [9.17, 15) is 16.8 Å². The van der Waals surface area contributed by atoms with Gasteiger partial charge in [0, 0.05) is 11.3 Å². The van der Waals surface area contributed by atoms with Crippen LogP contribution in [0.15, 0.2) is 62.8 Å². The van der Waals surface area contributed by atoms with Crippen LogP contribution in [-0.2, 0) is 20.0 Å². The first-order valence-electron chi connectivity index (χ1n) is 7.77. The molecule has 1 heterocycles. The Kier molecular flexibility index (Phi) is 4.81. The molecule has 2 aromatic carbocycles. The summed E-state index contributed by atoms with van der Waals surface area (Å²) in [6, 6.07) is 11.4. The van der Waals surface area contributed by atoms with Crippen molar-refractivity contribution in [1.82, 2.24) is 5.16 Å². The molecule has 142 valence electrons. The molecule has 0 saturated carbocycles. The highest BCUT2D eigenvalue weighted by atomic mass is 32.2. The van der Waals surface area contributed by atoms with E-state index in [0.717, 1.165) is 16.8 Å². The van der Waals surface area contributed by atoms with Gasteiger partial charge >= 0.3 is 0 Å². The van der Waals surface area contributed by atoms with Crippen LogP contribution in [0.2, 0.25) is 0 Å². The van der Waals surface area contributed by atoms with E-state index in [-0.39, 0.29) is 15.5 Å². The monoisotopic (exact) mass is 407 g/mol. The number of anilines is 1.